The maximum Gasteiger partial charge on any atom is 0.132 e. The van der Waals surface area contributed by atoms with E-state index in [-0.39, 0.29) is 5.54 Å². The second-order valence-corrected chi connectivity index (χ2v) is 7.64. The van der Waals surface area contributed by atoms with Crippen molar-refractivity contribution in [1.29, 1.82) is 0 Å². The Morgan fingerprint density at radius 2 is 1.77 bits per heavy atom. The highest BCUT2D eigenvalue weighted by Gasteiger charge is 2.33. The van der Waals surface area contributed by atoms with Gasteiger partial charge in [0.1, 0.15) is 18.1 Å². The van der Waals surface area contributed by atoms with Crippen molar-refractivity contribution in [2.45, 2.75) is 39.5 Å². The van der Waals surface area contributed by atoms with Crippen LogP contribution in [0.1, 0.15) is 30.8 Å². The highest BCUT2D eigenvalue weighted by molar-refractivity contribution is 5.49. The van der Waals surface area contributed by atoms with Crippen molar-refractivity contribution in [2.75, 3.05) is 11.4 Å². The highest BCUT2D eigenvalue weighted by Crippen LogP contribution is 2.30. The Balaban J connectivity index is 1.55. The second-order valence-electron chi connectivity index (χ2n) is 7.64. The Bertz CT molecular complexity index is 882. The minimum absolute atomic E-state index is 0.0660. The van der Waals surface area contributed by atoms with Crippen molar-refractivity contribution in [1.82, 2.24) is 9.78 Å². The van der Waals surface area contributed by atoms with E-state index >= 15 is 0 Å². The van der Waals surface area contributed by atoms with Crippen molar-refractivity contribution in [3.05, 3.63) is 77.6 Å². The lowest BCUT2D eigenvalue weighted by molar-refractivity contribution is 0.270. The van der Waals surface area contributed by atoms with Gasteiger partial charge >= 0.3 is 0 Å². The molecule has 0 amide bonds. The molecule has 3 aromatic rings. The number of hydrogen-bond donors (Lipinski definition) is 0. The van der Waals surface area contributed by atoms with E-state index in [4.69, 9.17) is 9.84 Å². The van der Waals surface area contributed by atoms with E-state index in [9.17, 15) is 0 Å². The number of rotatable bonds is 4. The number of ether oxygens (including phenoxy) is 1. The number of anilines is 1. The van der Waals surface area contributed by atoms with Crippen LogP contribution in [-0.4, -0.2) is 16.3 Å². The first-order valence-electron chi connectivity index (χ1n) is 9.09. The Kier molecular flexibility index (Phi) is 4.19. The molecule has 0 radical (unpaired) electrons. The predicted molar refractivity (Wildman–Crippen MR) is 105 cm³/mol. The van der Waals surface area contributed by atoms with Crippen LogP contribution in [0.15, 0.2) is 60.7 Å². The van der Waals surface area contributed by atoms with Crippen LogP contribution < -0.4 is 9.64 Å². The molecule has 0 saturated carbocycles. The Morgan fingerprint density at radius 1 is 1.04 bits per heavy atom. The third kappa shape index (κ3) is 3.32. The lowest BCUT2D eigenvalue weighted by atomic mass is 10.0. The minimum atomic E-state index is -0.0660. The quantitative estimate of drug-likeness (QED) is 0.695. The molecule has 0 saturated heterocycles. The van der Waals surface area contributed by atoms with E-state index in [0.717, 1.165) is 24.5 Å². The van der Waals surface area contributed by atoms with Gasteiger partial charge in [0.15, 0.2) is 0 Å². The average molecular weight is 347 g/mol. The third-order valence-corrected chi connectivity index (χ3v) is 4.87. The van der Waals surface area contributed by atoms with Crippen LogP contribution in [0, 0.1) is 6.92 Å². The second kappa shape index (κ2) is 6.52. The third-order valence-electron chi connectivity index (χ3n) is 4.87. The van der Waals surface area contributed by atoms with E-state index in [1.165, 1.54) is 16.9 Å². The zero-order valence-electron chi connectivity index (χ0n) is 15.6. The molecule has 0 bridgehead atoms. The minimum Gasteiger partial charge on any atom is -0.487 e. The molecule has 0 fully saturated rings. The van der Waals surface area contributed by atoms with E-state index in [2.05, 4.69) is 60.7 Å². The van der Waals surface area contributed by atoms with Crippen LogP contribution in [0.3, 0.4) is 0 Å². The molecule has 1 aromatic heterocycles. The largest absolute Gasteiger partial charge is 0.487 e. The fourth-order valence-electron chi connectivity index (χ4n) is 3.58. The van der Waals surface area contributed by atoms with E-state index in [1.807, 2.05) is 30.3 Å². The SMILES string of the molecule is Cc1ccc(N2Cc3cc(COc4ccccc4)nn3C(C)(C)C2)cc1. The summed E-state index contributed by atoms with van der Waals surface area (Å²) in [7, 11) is 0. The van der Waals surface area contributed by atoms with Gasteiger partial charge < -0.3 is 9.64 Å². The monoisotopic (exact) mass is 347 g/mol. The van der Waals surface area contributed by atoms with Gasteiger partial charge in [0.25, 0.3) is 0 Å². The predicted octanol–water partition coefficient (Wildman–Crippen LogP) is 4.53. The molecule has 0 unspecified atom stereocenters. The van der Waals surface area contributed by atoms with Crippen LogP contribution in [0.2, 0.25) is 0 Å². The first-order valence-corrected chi connectivity index (χ1v) is 9.09. The summed E-state index contributed by atoms with van der Waals surface area (Å²) in [4.78, 5) is 2.43. The summed E-state index contributed by atoms with van der Waals surface area (Å²) in [5.41, 5.74) is 4.69. The molecular formula is C22H25N3O. The zero-order valence-corrected chi connectivity index (χ0v) is 15.6. The number of fused-ring (bicyclic) bond motifs is 1. The Labute approximate surface area is 155 Å². The molecule has 26 heavy (non-hydrogen) atoms. The maximum atomic E-state index is 5.87. The zero-order chi connectivity index (χ0) is 18.1. The van der Waals surface area contributed by atoms with Gasteiger partial charge in [0.05, 0.1) is 17.8 Å². The summed E-state index contributed by atoms with van der Waals surface area (Å²) in [6, 6.07) is 20.8. The Hall–Kier alpha value is -2.75. The molecule has 0 N–H and O–H groups in total. The fraction of sp³-hybridized carbons (Fsp3) is 0.318. The van der Waals surface area contributed by atoms with E-state index in [0.29, 0.717) is 6.61 Å². The molecule has 4 rings (SSSR count). The van der Waals surface area contributed by atoms with Crippen molar-refractivity contribution < 1.29 is 4.74 Å². The first-order chi connectivity index (χ1) is 12.5. The van der Waals surface area contributed by atoms with Crippen LogP contribution >= 0.6 is 0 Å². The van der Waals surface area contributed by atoms with Gasteiger partial charge in [-0.2, -0.15) is 5.10 Å². The normalized spacial score (nSPS) is 15.6. The molecule has 2 heterocycles. The van der Waals surface area contributed by atoms with Gasteiger partial charge in [0.2, 0.25) is 0 Å². The standard InChI is InChI=1S/C22H25N3O/c1-17-9-11-19(12-10-17)24-14-20-13-18(23-25(20)22(2,3)16-24)15-26-21-7-5-4-6-8-21/h4-13H,14-16H2,1-3H3. The van der Waals surface area contributed by atoms with Crippen LogP contribution in [0.25, 0.3) is 0 Å². The van der Waals surface area contributed by atoms with Gasteiger partial charge in [-0.15, -0.1) is 0 Å². The number of benzene rings is 2. The summed E-state index contributed by atoms with van der Waals surface area (Å²) in [6.45, 7) is 8.90. The van der Waals surface area contributed by atoms with Gasteiger partial charge in [-0.3, -0.25) is 4.68 Å². The highest BCUT2D eigenvalue weighted by atomic mass is 16.5. The van der Waals surface area contributed by atoms with E-state index < -0.39 is 0 Å². The topological polar surface area (TPSA) is 30.3 Å². The van der Waals surface area contributed by atoms with Gasteiger partial charge in [0, 0.05) is 12.2 Å². The van der Waals surface area contributed by atoms with Crippen molar-refractivity contribution in [3.8, 4) is 5.75 Å². The van der Waals surface area contributed by atoms with Crippen LogP contribution in [0.4, 0.5) is 5.69 Å². The van der Waals surface area contributed by atoms with Crippen LogP contribution in [0.5, 0.6) is 5.75 Å². The first kappa shape index (κ1) is 16.7. The number of aromatic nitrogens is 2. The van der Waals surface area contributed by atoms with Gasteiger partial charge in [-0.1, -0.05) is 35.9 Å². The molecule has 134 valence electrons. The van der Waals surface area contributed by atoms with Crippen molar-refractivity contribution in [2.24, 2.45) is 0 Å². The van der Waals surface area contributed by atoms with Gasteiger partial charge in [-0.25, -0.2) is 0 Å². The molecular weight excluding hydrogens is 322 g/mol. The molecule has 0 spiro atoms. The summed E-state index contributed by atoms with van der Waals surface area (Å²) < 4.78 is 8.04. The molecule has 0 atom stereocenters. The number of hydrogen-bond acceptors (Lipinski definition) is 3. The summed E-state index contributed by atoms with van der Waals surface area (Å²) in [5.74, 6) is 0.874. The summed E-state index contributed by atoms with van der Waals surface area (Å²) >= 11 is 0. The molecule has 1 aliphatic rings. The number of nitrogens with zero attached hydrogens (tertiary/aromatic N) is 3. The number of para-hydroxylation sites is 1. The lowest BCUT2D eigenvalue weighted by Gasteiger charge is -2.40. The Morgan fingerprint density at radius 3 is 2.50 bits per heavy atom. The van der Waals surface area contributed by atoms with Crippen LogP contribution in [-0.2, 0) is 18.7 Å². The lowest BCUT2D eigenvalue weighted by Crippen LogP contribution is -2.47. The molecule has 0 aliphatic carbocycles. The molecule has 1 aliphatic heterocycles. The average Bonchev–Trinajstić information content (AvgIpc) is 3.05. The smallest absolute Gasteiger partial charge is 0.132 e. The van der Waals surface area contributed by atoms with E-state index in [1.54, 1.807) is 0 Å². The fourth-order valence-corrected chi connectivity index (χ4v) is 3.58. The molecule has 2 aromatic carbocycles. The maximum absolute atomic E-state index is 5.87. The van der Waals surface area contributed by atoms with Gasteiger partial charge in [-0.05, 0) is 51.1 Å². The van der Waals surface area contributed by atoms with Crippen molar-refractivity contribution >= 4 is 5.69 Å². The molecule has 4 heteroatoms. The number of aryl methyl sites for hydroxylation is 1. The summed E-state index contributed by atoms with van der Waals surface area (Å²) in [6.07, 6.45) is 0. The molecule has 4 nitrogen and oxygen atoms in total. The summed E-state index contributed by atoms with van der Waals surface area (Å²) in [5, 5.41) is 4.83. The van der Waals surface area contributed by atoms with Crippen molar-refractivity contribution in [3.63, 3.8) is 0 Å².